The number of fused-ring (bicyclic) bond motifs is 1. The van der Waals surface area contributed by atoms with Crippen LogP contribution in [-0.2, 0) is 4.79 Å². The molecule has 1 amide bonds. The van der Waals surface area contributed by atoms with Crippen LogP contribution in [0, 0.1) is 0 Å². The molecule has 1 fully saturated rings. The molecular weight excluding hydrogens is 368 g/mol. The number of ether oxygens (including phenoxy) is 1. The molecule has 4 rings (SSSR count). The lowest BCUT2D eigenvalue weighted by Gasteiger charge is -2.32. The lowest BCUT2D eigenvalue weighted by Crippen LogP contribution is -2.46. The van der Waals surface area contributed by atoms with Gasteiger partial charge >= 0.3 is 0 Å². The Kier molecular flexibility index (Phi) is 5.91. The fourth-order valence-electron chi connectivity index (χ4n) is 3.59. The van der Waals surface area contributed by atoms with Crippen LogP contribution < -0.4 is 10.2 Å². The summed E-state index contributed by atoms with van der Waals surface area (Å²) in [5, 5.41) is 0.521. The summed E-state index contributed by atoms with van der Waals surface area (Å²) < 4.78 is 12.0. The summed E-state index contributed by atoms with van der Waals surface area (Å²) in [6.07, 6.45) is 1.70. The fraction of sp³-hybridized carbons (Fsp3) is 0.304. The van der Waals surface area contributed by atoms with E-state index in [1.165, 1.54) is 0 Å². The minimum Gasteiger partial charge on any atom is -0.486 e. The van der Waals surface area contributed by atoms with E-state index in [2.05, 4.69) is 4.90 Å². The Morgan fingerprint density at radius 1 is 0.966 bits per heavy atom. The SMILES string of the molecule is O=CN1CCN(CCCOc2c(-c3ccccc3)oc3ccccc3c2=O)CC1. The number of nitrogens with zero attached hydrogens (tertiary/aromatic N) is 2. The molecule has 2 heterocycles. The van der Waals surface area contributed by atoms with Crippen LogP contribution in [0.2, 0.25) is 0 Å². The van der Waals surface area contributed by atoms with Crippen molar-refractivity contribution in [2.45, 2.75) is 6.42 Å². The van der Waals surface area contributed by atoms with Crippen molar-refractivity contribution in [1.82, 2.24) is 9.80 Å². The fourth-order valence-corrected chi connectivity index (χ4v) is 3.59. The first-order chi connectivity index (χ1) is 14.3. The zero-order chi connectivity index (χ0) is 20.1. The molecular formula is C23H24N2O4. The molecule has 29 heavy (non-hydrogen) atoms. The van der Waals surface area contributed by atoms with Crippen molar-refractivity contribution in [3.8, 4) is 17.1 Å². The lowest BCUT2D eigenvalue weighted by atomic mass is 10.1. The first-order valence-corrected chi connectivity index (χ1v) is 9.92. The van der Waals surface area contributed by atoms with Gasteiger partial charge in [-0.25, -0.2) is 0 Å². The van der Waals surface area contributed by atoms with E-state index in [1.54, 1.807) is 17.0 Å². The molecule has 3 aromatic rings. The molecule has 0 saturated carbocycles. The van der Waals surface area contributed by atoms with Crippen molar-refractivity contribution in [3.05, 3.63) is 64.8 Å². The van der Waals surface area contributed by atoms with E-state index < -0.39 is 0 Å². The second-order valence-corrected chi connectivity index (χ2v) is 7.14. The van der Waals surface area contributed by atoms with Gasteiger partial charge in [0.1, 0.15) is 5.58 Å². The second-order valence-electron chi connectivity index (χ2n) is 7.14. The van der Waals surface area contributed by atoms with Crippen molar-refractivity contribution in [1.29, 1.82) is 0 Å². The van der Waals surface area contributed by atoms with Gasteiger partial charge < -0.3 is 14.1 Å². The maximum absolute atomic E-state index is 13.1. The third-order valence-corrected chi connectivity index (χ3v) is 5.21. The standard InChI is InChI=1S/C23H24N2O4/c26-17-25-14-12-24(13-15-25)11-6-16-28-23-21(27)19-9-4-5-10-20(19)29-22(23)18-7-2-1-3-8-18/h1-5,7-10,17H,6,11-16H2. The highest BCUT2D eigenvalue weighted by molar-refractivity contribution is 5.81. The molecule has 0 bridgehead atoms. The smallest absolute Gasteiger partial charge is 0.235 e. The van der Waals surface area contributed by atoms with Crippen LogP contribution in [0.1, 0.15) is 6.42 Å². The van der Waals surface area contributed by atoms with E-state index in [1.807, 2.05) is 42.5 Å². The monoisotopic (exact) mass is 392 g/mol. The van der Waals surface area contributed by atoms with E-state index >= 15 is 0 Å². The molecule has 6 heteroatoms. The first kappa shape index (κ1) is 19.2. The minimum atomic E-state index is -0.148. The molecule has 1 saturated heterocycles. The predicted octanol–water partition coefficient (Wildman–Crippen LogP) is 3.00. The summed E-state index contributed by atoms with van der Waals surface area (Å²) >= 11 is 0. The van der Waals surface area contributed by atoms with Gasteiger partial charge in [-0.3, -0.25) is 14.5 Å². The van der Waals surface area contributed by atoms with E-state index in [0.29, 0.717) is 23.3 Å². The maximum Gasteiger partial charge on any atom is 0.235 e. The van der Waals surface area contributed by atoms with Gasteiger partial charge in [-0.15, -0.1) is 0 Å². The number of para-hydroxylation sites is 1. The summed E-state index contributed by atoms with van der Waals surface area (Å²) in [5.41, 5.74) is 1.22. The Morgan fingerprint density at radius 3 is 2.45 bits per heavy atom. The number of hydrogen-bond donors (Lipinski definition) is 0. The highest BCUT2D eigenvalue weighted by Crippen LogP contribution is 2.30. The Morgan fingerprint density at radius 2 is 1.69 bits per heavy atom. The van der Waals surface area contributed by atoms with E-state index in [0.717, 1.165) is 51.1 Å². The molecule has 2 aromatic carbocycles. The molecule has 6 nitrogen and oxygen atoms in total. The molecule has 150 valence electrons. The van der Waals surface area contributed by atoms with E-state index in [4.69, 9.17) is 9.15 Å². The summed E-state index contributed by atoms with van der Waals surface area (Å²) in [4.78, 5) is 28.0. The normalized spacial score (nSPS) is 14.8. The van der Waals surface area contributed by atoms with Crippen LogP contribution in [0.4, 0.5) is 0 Å². The summed E-state index contributed by atoms with van der Waals surface area (Å²) in [6.45, 7) is 4.55. The number of amides is 1. The van der Waals surface area contributed by atoms with Crippen molar-refractivity contribution in [2.24, 2.45) is 0 Å². The Balaban J connectivity index is 1.50. The molecule has 0 aliphatic carbocycles. The topological polar surface area (TPSA) is 63.0 Å². The number of hydrogen-bond acceptors (Lipinski definition) is 5. The molecule has 1 aromatic heterocycles. The van der Waals surface area contributed by atoms with Crippen molar-refractivity contribution in [3.63, 3.8) is 0 Å². The largest absolute Gasteiger partial charge is 0.486 e. The number of carbonyl (C=O) groups is 1. The van der Waals surface area contributed by atoms with Gasteiger partial charge in [-0.2, -0.15) is 0 Å². The van der Waals surface area contributed by atoms with Crippen LogP contribution in [0.3, 0.4) is 0 Å². The summed E-state index contributed by atoms with van der Waals surface area (Å²) in [7, 11) is 0. The molecule has 0 radical (unpaired) electrons. The lowest BCUT2D eigenvalue weighted by molar-refractivity contribution is -0.119. The van der Waals surface area contributed by atoms with Crippen molar-refractivity contribution >= 4 is 17.4 Å². The summed E-state index contributed by atoms with van der Waals surface area (Å²) in [5.74, 6) is 0.731. The molecule has 0 spiro atoms. The molecule has 1 aliphatic rings. The molecule has 0 N–H and O–H groups in total. The van der Waals surface area contributed by atoms with Crippen LogP contribution in [0.15, 0.2) is 63.8 Å². The maximum atomic E-state index is 13.1. The van der Waals surface area contributed by atoms with Gasteiger partial charge in [-0.1, -0.05) is 42.5 Å². The highest BCUT2D eigenvalue weighted by atomic mass is 16.5. The zero-order valence-electron chi connectivity index (χ0n) is 16.3. The number of rotatable bonds is 7. The first-order valence-electron chi connectivity index (χ1n) is 9.92. The second kappa shape index (κ2) is 8.92. The third-order valence-electron chi connectivity index (χ3n) is 5.21. The van der Waals surface area contributed by atoms with Crippen molar-refractivity contribution in [2.75, 3.05) is 39.3 Å². The third kappa shape index (κ3) is 4.32. The van der Waals surface area contributed by atoms with Gasteiger partial charge in [0.2, 0.25) is 17.6 Å². The quantitative estimate of drug-likeness (QED) is 0.457. The Hall–Kier alpha value is -3.12. The minimum absolute atomic E-state index is 0.148. The average molecular weight is 392 g/mol. The van der Waals surface area contributed by atoms with Crippen LogP contribution in [-0.4, -0.2) is 55.5 Å². The zero-order valence-corrected chi connectivity index (χ0v) is 16.3. The molecule has 0 unspecified atom stereocenters. The summed E-state index contributed by atoms with van der Waals surface area (Å²) in [6, 6.07) is 16.8. The van der Waals surface area contributed by atoms with Crippen LogP contribution in [0.25, 0.3) is 22.3 Å². The number of carbonyl (C=O) groups excluding carboxylic acids is 1. The van der Waals surface area contributed by atoms with Gasteiger partial charge in [0.25, 0.3) is 0 Å². The highest BCUT2D eigenvalue weighted by Gasteiger charge is 2.18. The Labute approximate surface area is 169 Å². The van der Waals surface area contributed by atoms with Crippen LogP contribution >= 0.6 is 0 Å². The molecule has 0 atom stereocenters. The Bertz CT molecular complexity index is 1020. The predicted molar refractivity (Wildman–Crippen MR) is 112 cm³/mol. The van der Waals surface area contributed by atoms with Gasteiger partial charge in [0.05, 0.1) is 12.0 Å². The van der Waals surface area contributed by atoms with Crippen molar-refractivity contribution < 1.29 is 13.9 Å². The average Bonchev–Trinajstić information content (AvgIpc) is 2.79. The van der Waals surface area contributed by atoms with E-state index in [-0.39, 0.29) is 11.2 Å². The van der Waals surface area contributed by atoms with Gasteiger partial charge in [-0.05, 0) is 18.6 Å². The van der Waals surface area contributed by atoms with Crippen LogP contribution in [0.5, 0.6) is 5.75 Å². The number of benzene rings is 2. The van der Waals surface area contributed by atoms with Gasteiger partial charge in [0, 0.05) is 38.3 Å². The van der Waals surface area contributed by atoms with E-state index in [9.17, 15) is 9.59 Å². The number of piperazine rings is 1. The van der Waals surface area contributed by atoms with Gasteiger partial charge in [0.15, 0.2) is 5.76 Å². The molecule has 1 aliphatic heterocycles.